The van der Waals surface area contributed by atoms with Crippen LogP contribution in [0.5, 0.6) is 5.75 Å². The van der Waals surface area contributed by atoms with Crippen LogP contribution in [0.4, 0.5) is 4.39 Å². The number of para-hydroxylation sites is 1. The van der Waals surface area contributed by atoms with Gasteiger partial charge in [0.05, 0.1) is 29.0 Å². The fourth-order valence-corrected chi connectivity index (χ4v) is 12.6. The number of ether oxygens (including phenoxy) is 1. The molecule has 12 nitrogen and oxygen atoms in total. The summed E-state index contributed by atoms with van der Waals surface area (Å²) in [5.74, 6) is -4.24. The number of halogens is 2. The smallest absolute Gasteiger partial charge is 0.355 e. The highest BCUT2D eigenvalue weighted by atomic mass is 35.5. The highest BCUT2D eigenvalue weighted by Gasteiger charge is 2.64. The highest BCUT2D eigenvalue weighted by Crippen LogP contribution is 2.59. The minimum Gasteiger partial charge on any atom is -0.465 e. The lowest BCUT2D eigenvalue weighted by Gasteiger charge is -2.37. The lowest BCUT2D eigenvalue weighted by atomic mass is 9.85. The van der Waals surface area contributed by atoms with Crippen molar-refractivity contribution in [2.75, 3.05) is 13.2 Å². The standard InChI is InChI=1S/C46H50ClFN5O7PS/c1-3-22-59-45(57)28(2)51-61(58,60-34-13-5-4-6-14-34)41(48)30-16-19-39-31(23-30)25-40(62-39)42(54)50-37-15-8-7-12-33-17-18-38(53(33)43(37)55)44(56)52-27-35(29-10-9-11-32(47)24-29)36(26-49)46(52)20-21-46/h4-6,9-11,13-14,16,19,23-25,28,33,35-38,41H,3,7-8,12,15,17-18,20-22,27H2,1-2H3,(H,50,54)(H,51,58)/t28-,33-,35-,36-,37?,38-,41+,61?/m0/s1. The van der Waals surface area contributed by atoms with Gasteiger partial charge in [-0.25, -0.2) is 9.48 Å². The molecular weight excluding hydrogens is 852 g/mol. The quantitative estimate of drug-likeness (QED) is 0.0987. The molecule has 62 heavy (non-hydrogen) atoms. The Balaban J connectivity index is 0.992. The van der Waals surface area contributed by atoms with Gasteiger partial charge in [-0.2, -0.15) is 5.26 Å². The molecule has 2 unspecified atom stereocenters. The Morgan fingerprint density at radius 3 is 2.53 bits per heavy atom. The van der Waals surface area contributed by atoms with Crippen LogP contribution in [0, 0.1) is 17.2 Å². The van der Waals surface area contributed by atoms with Gasteiger partial charge in [0.1, 0.15) is 23.9 Å². The zero-order valence-corrected chi connectivity index (χ0v) is 37.1. The average Bonchev–Trinajstić information content (AvgIpc) is 3.59. The zero-order chi connectivity index (χ0) is 43.8. The third kappa shape index (κ3) is 8.61. The third-order valence-corrected chi connectivity index (χ3v) is 16.2. The fourth-order valence-electron chi connectivity index (χ4n) is 9.55. The molecular formula is C46H50ClFN5O7PS. The molecule has 1 aliphatic carbocycles. The van der Waals surface area contributed by atoms with E-state index < -0.39 is 49.0 Å². The van der Waals surface area contributed by atoms with E-state index in [0.717, 1.165) is 37.7 Å². The molecule has 0 radical (unpaired) electrons. The maximum atomic E-state index is 16.6. The van der Waals surface area contributed by atoms with Crippen molar-refractivity contribution in [1.29, 1.82) is 5.26 Å². The minimum absolute atomic E-state index is 0.0140. The van der Waals surface area contributed by atoms with Crippen molar-refractivity contribution in [1.82, 2.24) is 20.2 Å². The molecule has 8 rings (SSSR count). The monoisotopic (exact) mass is 901 g/mol. The largest absolute Gasteiger partial charge is 0.465 e. The first-order chi connectivity index (χ1) is 29.9. The van der Waals surface area contributed by atoms with Gasteiger partial charge in [-0.15, -0.1) is 11.3 Å². The summed E-state index contributed by atoms with van der Waals surface area (Å²) < 4.78 is 42.5. The van der Waals surface area contributed by atoms with Gasteiger partial charge >= 0.3 is 13.5 Å². The van der Waals surface area contributed by atoms with Crippen molar-refractivity contribution in [3.05, 3.63) is 99.9 Å². The van der Waals surface area contributed by atoms with E-state index >= 15 is 4.39 Å². The number of hydrogen-bond donors (Lipinski definition) is 2. The molecule has 8 atom stereocenters. The van der Waals surface area contributed by atoms with Gasteiger partial charge in [0.25, 0.3) is 5.91 Å². The summed E-state index contributed by atoms with van der Waals surface area (Å²) in [6.07, 6.45) is 5.96. The average molecular weight is 902 g/mol. The zero-order valence-electron chi connectivity index (χ0n) is 34.6. The molecule has 3 aromatic carbocycles. The Bertz CT molecular complexity index is 2440. The summed E-state index contributed by atoms with van der Waals surface area (Å²) in [4.78, 5) is 59.7. The van der Waals surface area contributed by atoms with E-state index in [9.17, 15) is 29.0 Å². The molecule has 16 heteroatoms. The number of nitriles is 1. The van der Waals surface area contributed by atoms with E-state index in [4.69, 9.17) is 20.9 Å². The Morgan fingerprint density at radius 1 is 1.03 bits per heavy atom. The molecule has 4 aliphatic rings. The van der Waals surface area contributed by atoms with Gasteiger partial charge in [0.15, 0.2) is 0 Å². The number of nitrogens with zero attached hydrogens (tertiary/aromatic N) is 3. The summed E-state index contributed by atoms with van der Waals surface area (Å²) in [5.41, 5.74) is 0.370. The Labute approximate surface area is 369 Å². The number of nitrogens with one attached hydrogen (secondary N) is 2. The van der Waals surface area contributed by atoms with Crippen LogP contribution < -0.4 is 14.9 Å². The number of hydrogen-bond acceptors (Lipinski definition) is 9. The van der Waals surface area contributed by atoms with Crippen LogP contribution in [0.1, 0.15) is 104 Å². The summed E-state index contributed by atoms with van der Waals surface area (Å²) in [7, 11) is -4.46. The maximum Gasteiger partial charge on any atom is 0.355 e. The Kier molecular flexibility index (Phi) is 12.8. The molecule has 3 saturated heterocycles. The molecule has 0 bridgehead atoms. The molecule has 1 spiro atoms. The van der Waals surface area contributed by atoms with Crippen LogP contribution in [0.2, 0.25) is 5.02 Å². The van der Waals surface area contributed by atoms with Crippen molar-refractivity contribution < 1.29 is 37.4 Å². The number of benzene rings is 3. The first-order valence-electron chi connectivity index (χ1n) is 21.4. The van der Waals surface area contributed by atoms with Crippen LogP contribution in [-0.4, -0.2) is 76.3 Å². The molecule has 3 aliphatic heterocycles. The molecule has 326 valence electrons. The second kappa shape index (κ2) is 18.1. The van der Waals surface area contributed by atoms with Crippen LogP contribution in [-0.2, 0) is 23.7 Å². The van der Waals surface area contributed by atoms with Gasteiger partial charge < -0.3 is 24.4 Å². The SMILES string of the molecule is CCCOC(=O)[C@H](C)NP(=O)(Oc1ccccc1)[C@@H](F)c1ccc2sc(C(=O)NC3CCCC[C@H]4CC[C@@H](C(=O)N5C[C@@H](c6cccc(Cl)c6)[C@H](C#N)C56CC6)N4C3=O)cc2c1. The summed E-state index contributed by atoms with van der Waals surface area (Å²) >= 11 is 7.52. The summed E-state index contributed by atoms with van der Waals surface area (Å²) in [5, 5.41) is 17.0. The van der Waals surface area contributed by atoms with Crippen molar-refractivity contribution in [3.8, 4) is 11.8 Å². The van der Waals surface area contributed by atoms with Crippen molar-refractivity contribution in [3.63, 3.8) is 0 Å². The van der Waals surface area contributed by atoms with Crippen molar-refractivity contribution in [2.45, 2.75) is 113 Å². The van der Waals surface area contributed by atoms with E-state index in [1.807, 2.05) is 30.0 Å². The molecule has 4 aromatic rings. The number of carbonyl (C=O) groups excluding carboxylic acids is 4. The van der Waals surface area contributed by atoms with Crippen LogP contribution >= 0.6 is 30.5 Å². The number of likely N-dealkylation sites (tertiary alicyclic amines) is 1. The molecule has 4 fully saturated rings. The number of rotatable bonds is 13. The summed E-state index contributed by atoms with van der Waals surface area (Å²) in [6.45, 7) is 3.80. The normalized spacial score (nSPS) is 24.9. The van der Waals surface area contributed by atoms with Crippen LogP contribution in [0.25, 0.3) is 10.1 Å². The molecule has 3 amide bonds. The number of esters is 1. The molecule has 1 saturated carbocycles. The van der Waals surface area contributed by atoms with Gasteiger partial charge in [0.2, 0.25) is 17.7 Å². The van der Waals surface area contributed by atoms with Gasteiger partial charge in [-0.05, 0) is 111 Å². The predicted octanol–water partition coefficient (Wildman–Crippen LogP) is 9.06. The van der Waals surface area contributed by atoms with Crippen LogP contribution in [0.15, 0.2) is 78.9 Å². The molecule has 2 N–H and O–H groups in total. The minimum atomic E-state index is -4.46. The van der Waals surface area contributed by atoms with Crippen LogP contribution in [0.3, 0.4) is 0 Å². The number of amides is 3. The van der Waals surface area contributed by atoms with Gasteiger partial charge in [-0.1, -0.05) is 67.8 Å². The first-order valence-corrected chi connectivity index (χ1v) is 24.3. The second-order valence-corrected chi connectivity index (χ2v) is 20.5. The Morgan fingerprint density at radius 2 is 1.81 bits per heavy atom. The highest BCUT2D eigenvalue weighted by molar-refractivity contribution is 7.57. The topological polar surface area (TPSA) is 158 Å². The van der Waals surface area contributed by atoms with E-state index in [-0.39, 0.29) is 47.6 Å². The second-order valence-electron chi connectivity index (χ2n) is 16.9. The molecule has 4 heterocycles. The van der Waals surface area contributed by atoms with E-state index in [0.29, 0.717) is 52.2 Å². The van der Waals surface area contributed by atoms with Gasteiger partial charge in [-0.3, -0.25) is 23.7 Å². The number of carbonyl (C=O) groups is 4. The van der Waals surface area contributed by atoms with Crippen molar-refractivity contribution >= 4 is 64.2 Å². The maximum absolute atomic E-state index is 16.6. The number of thiophene rings is 1. The molecule has 1 aromatic heterocycles. The number of fused-ring (bicyclic) bond motifs is 2. The third-order valence-electron chi connectivity index (χ3n) is 12.8. The summed E-state index contributed by atoms with van der Waals surface area (Å²) in [6, 6.07) is 21.5. The lowest BCUT2D eigenvalue weighted by molar-refractivity contribution is -0.148. The number of alkyl halides is 1. The lowest BCUT2D eigenvalue weighted by Crippen LogP contribution is -2.57. The van der Waals surface area contributed by atoms with Gasteiger partial charge in [0, 0.05) is 28.2 Å². The predicted molar refractivity (Wildman–Crippen MR) is 235 cm³/mol. The van der Waals surface area contributed by atoms with E-state index in [2.05, 4.69) is 16.5 Å². The fraction of sp³-hybridized carbons (Fsp3) is 0.457. The first kappa shape index (κ1) is 43.8. The Hall–Kier alpha value is -4.80. The van der Waals surface area contributed by atoms with Crippen molar-refractivity contribution in [2.24, 2.45) is 5.92 Å². The van der Waals surface area contributed by atoms with E-state index in [1.165, 1.54) is 42.5 Å². The van der Waals surface area contributed by atoms with E-state index in [1.54, 1.807) is 41.3 Å².